The molecule has 0 saturated carbocycles. The summed E-state index contributed by atoms with van der Waals surface area (Å²) >= 11 is 0. The fraction of sp³-hybridized carbons (Fsp3) is 0.500. The maximum Gasteiger partial charge on any atom is 0.332 e. The third-order valence-electron chi connectivity index (χ3n) is 1.25. The van der Waals surface area contributed by atoms with E-state index in [0.29, 0.717) is 13.2 Å². The Morgan fingerprint density at radius 2 is 1.77 bits per heavy atom. The Bertz CT molecular complexity index is 183. The zero-order valence-corrected chi connectivity index (χ0v) is 8.16. The first-order valence-electron chi connectivity index (χ1n) is 4.27. The highest BCUT2D eigenvalue weighted by atomic mass is 16.6. The molecule has 0 radical (unpaired) electrons. The van der Waals surface area contributed by atoms with Gasteiger partial charge in [-0.05, 0) is 13.8 Å². The lowest BCUT2D eigenvalue weighted by molar-refractivity contribution is -0.147. The molecular formula is C10H16O3. The van der Waals surface area contributed by atoms with Crippen LogP contribution >= 0.6 is 0 Å². The van der Waals surface area contributed by atoms with Crippen LogP contribution in [0.3, 0.4) is 0 Å². The number of allylic oxidation sites excluding steroid dienone is 2. The SMILES string of the molecule is C/C=C/COCC(=O)OC/C=C/C. The van der Waals surface area contributed by atoms with Gasteiger partial charge in [-0.2, -0.15) is 0 Å². The number of carbonyl (C=O) groups excluding carboxylic acids is 1. The van der Waals surface area contributed by atoms with Gasteiger partial charge in [0, 0.05) is 0 Å². The van der Waals surface area contributed by atoms with Crippen LogP contribution in [0.25, 0.3) is 0 Å². The molecule has 0 amide bonds. The molecule has 74 valence electrons. The fourth-order valence-corrected chi connectivity index (χ4v) is 0.585. The second kappa shape index (κ2) is 9.00. The average molecular weight is 184 g/mol. The van der Waals surface area contributed by atoms with Gasteiger partial charge in [0.05, 0.1) is 6.61 Å². The highest BCUT2D eigenvalue weighted by molar-refractivity contribution is 5.70. The van der Waals surface area contributed by atoms with Crippen molar-refractivity contribution >= 4 is 5.97 Å². The van der Waals surface area contributed by atoms with Gasteiger partial charge in [-0.1, -0.05) is 24.3 Å². The second-order valence-corrected chi connectivity index (χ2v) is 2.34. The van der Waals surface area contributed by atoms with Crippen LogP contribution in [0.1, 0.15) is 13.8 Å². The Hall–Kier alpha value is -1.09. The Morgan fingerprint density at radius 3 is 2.38 bits per heavy atom. The highest BCUT2D eigenvalue weighted by Crippen LogP contribution is 1.84. The third kappa shape index (κ3) is 8.82. The monoisotopic (exact) mass is 184 g/mol. The molecule has 0 aromatic carbocycles. The molecule has 0 fully saturated rings. The van der Waals surface area contributed by atoms with Crippen LogP contribution < -0.4 is 0 Å². The van der Waals surface area contributed by atoms with Crippen molar-refractivity contribution in [1.82, 2.24) is 0 Å². The molecule has 0 rings (SSSR count). The molecule has 13 heavy (non-hydrogen) atoms. The predicted molar refractivity (Wildman–Crippen MR) is 51.4 cm³/mol. The minimum atomic E-state index is -0.331. The molecule has 0 bridgehead atoms. The van der Waals surface area contributed by atoms with Crippen LogP contribution in [-0.2, 0) is 14.3 Å². The smallest absolute Gasteiger partial charge is 0.332 e. The van der Waals surface area contributed by atoms with Crippen LogP contribution in [0.4, 0.5) is 0 Å². The zero-order chi connectivity index (χ0) is 9.94. The topological polar surface area (TPSA) is 35.5 Å². The minimum Gasteiger partial charge on any atom is -0.460 e. The van der Waals surface area contributed by atoms with Crippen molar-refractivity contribution in [3.05, 3.63) is 24.3 Å². The van der Waals surface area contributed by atoms with Gasteiger partial charge in [-0.25, -0.2) is 4.79 Å². The molecule has 0 heterocycles. The molecule has 0 N–H and O–H groups in total. The minimum absolute atomic E-state index is 0.0158. The maximum atomic E-state index is 10.9. The lowest BCUT2D eigenvalue weighted by atomic mass is 10.5. The molecule has 0 atom stereocenters. The third-order valence-corrected chi connectivity index (χ3v) is 1.25. The van der Waals surface area contributed by atoms with Crippen molar-refractivity contribution in [2.75, 3.05) is 19.8 Å². The van der Waals surface area contributed by atoms with E-state index in [9.17, 15) is 4.79 Å². The molecule has 0 aliphatic heterocycles. The van der Waals surface area contributed by atoms with Gasteiger partial charge >= 0.3 is 5.97 Å². The van der Waals surface area contributed by atoms with Crippen LogP contribution in [0.15, 0.2) is 24.3 Å². The first-order chi connectivity index (χ1) is 6.31. The largest absolute Gasteiger partial charge is 0.460 e. The predicted octanol–water partition coefficient (Wildman–Crippen LogP) is 1.70. The highest BCUT2D eigenvalue weighted by Gasteiger charge is 1.99. The van der Waals surface area contributed by atoms with E-state index < -0.39 is 0 Å². The van der Waals surface area contributed by atoms with E-state index in [1.54, 1.807) is 6.08 Å². The fourth-order valence-electron chi connectivity index (χ4n) is 0.585. The molecular weight excluding hydrogens is 168 g/mol. The zero-order valence-electron chi connectivity index (χ0n) is 8.16. The van der Waals surface area contributed by atoms with Crippen LogP contribution in [0.2, 0.25) is 0 Å². The van der Waals surface area contributed by atoms with Crippen molar-refractivity contribution in [1.29, 1.82) is 0 Å². The summed E-state index contributed by atoms with van der Waals surface area (Å²) in [6.07, 6.45) is 7.29. The Morgan fingerprint density at radius 1 is 1.15 bits per heavy atom. The molecule has 3 heteroatoms. The van der Waals surface area contributed by atoms with E-state index in [4.69, 9.17) is 9.47 Å². The van der Waals surface area contributed by atoms with E-state index in [1.165, 1.54) is 0 Å². The van der Waals surface area contributed by atoms with Crippen LogP contribution in [-0.4, -0.2) is 25.8 Å². The number of hydrogen-bond acceptors (Lipinski definition) is 3. The molecule has 0 aliphatic carbocycles. The van der Waals surface area contributed by atoms with Crippen LogP contribution in [0, 0.1) is 0 Å². The van der Waals surface area contributed by atoms with Gasteiger partial charge in [-0.3, -0.25) is 0 Å². The van der Waals surface area contributed by atoms with Crippen molar-refractivity contribution in [3.8, 4) is 0 Å². The Kier molecular flexibility index (Phi) is 8.25. The van der Waals surface area contributed by atoms with Gasteiger partial charge in [0.15, 0.2) is 0 Å². The molecule has 0 spiro atoms. The van der Waals surface area contributed by atoms with E-state index >= 15 is 0 Å². The summed E-state index contributed by atoms with van der Waals surface area (Å²) in [5.41, 5.74) is 0. The molecule has 0 aliphatic rings. The normalized spacial score (nSPS) is 11.2. The van der Waals surface area contributed by atoms with E-state index in [1.807, 2.05) is 32.1 Å². The van der Waals surface area contributed by atoms with E-state index in [0.717, 1.165) is 0 Å². The molecule has 0 saturated heterocycles. The summed E-state index contributed by atoms with van der Waals surface area (Å²) in [6.45, 7) is 4.56. The van der Waals surface area contributed by atoms with Gasteiger partial charge < -0.3 is 9.47 Å². The van der Waals surface area contributed by atoms with E-state index in [2.05, 4.69) is 0 Å². The maximum absolute atomic E-state index is 10.9. The summed E-state index contributed by atoms with van der Waals surface area (Å²) in [4.78, 5) is 10.9. The quantitative estimate of drug-likeness (QED) is 0.358. The lowest BCUT2D eigenvalue weighted by Crippen LogP contribution is -2.12. The number of hydrogen-bond donors (Lipinski definition) is 0. The Balaban J connectivity index is 3.30. The summed E-state index contributed by atoms with van der Waals surface area (Å²) < 4.78 is 9.77. The summed E-state index contributed by atoms with van der Waals surface area (Å²) in [6, 6.07) is 0. The number of rotatable bonds is 6. The molecule has 0 aromatic heterocycles. The first kappa shape index (κ1) is 11.9. The van der Waals surface area contributed by atoms with Gasteiger partial charge in [-0.15, -0.1) is 0 Å². The summed E-state index contributed by atoms with van der Waals surface area (Å²) in [5, 5.41) is 0. The van der Waals surface area contributed by atoms with Crippen LogP contribution in [0.5, 0.6) is 0 Å². The van der Waals surface area contributed by atoms with E-state index in [-0.39, 0.29) is 12.6 Å². The van der Waals surface area contributed by atoms with Gasteiger partial charge in [0.25, 0.3) is 0 Å². The number of ether oxygens (including phenoxy) is 2. The molecule has 0 unspecified atom stereocenters. The first-order valence-corrected chi connectivity index (χ1v) is 4.27. The summed E-state index contributed by atoms with van der Waals surface area (Å²) in [5.74, 6) is -0.331. The summed E-state index contributed by atoms with van der Waals surface area (Å²) in [7, 11) is 0. The van der Waals surface area contributed by atoms with Crippen molar-refractivity contribution < 1.29 is 14.3 Å². The number of carbonyl (C=O) groups is 1. The van der Waals surface area contributed by atoms with Gasteiger partial charge in [0.1, 0.15) is 13.2 Å². The Labute approximate surface area is 79.0 Å². The van der Waals surface area contributed by atoms with Crippen molar-refractivity contribution in [2.45, 2.75) is 13.8 Å². The lowest BCUT2D eigenvalue weighted by Gasteiger charge is -2.01. The second-order valence-electron chi connectivity index (χ2n) is 2.34. The van der Waals surface area contributed by atoms with Crippen molar-refractivity contribution in [2.24, 2.45) is 0 Å². The van der Waals surface area contributed by atoms with Gasteiger partial charge in [0.2, 0.25) is 0 Å². The molecule has 0 aromatic rings. The molecule has 3 nitrogen and oxygen atoms in total. The standard InChI is InChI=1S/C10H16O3/c1-3-5-7-12-9-10(11)13-8-6-4-2/h3-6H,7-9H2,1-2H3/b5-3+,6-4+. The number of esters is 1. The average Bonchev–Trinajstić information content (AvgIpc) is 2.13. The van der Waals surface area contributed by atoms with Crippen molar-refractivity contribution in [3.63, 3.8) is 0 Å².